The van der Waals surface area contributed by atoms with Gasteiger partial charge >= 0.3 is 0 Å². The van der Waals surface area contributed by atoms with Gasteiger partial charge in [0.25, 0.3) is 5.91 Å². The second-order valence-electron chi connectivity index (χ2n) is 4.34. The highest BCUT2D eigenvalue weighted by Crippen LogP contribution is 2.26. The highest BCUT2D eigenvalue weighted by Gasteiger charge is 2.15. The number of carbonyl (C=O) groups excluding carboxylic acids is 1. The van der Waals surface area contributed by atoms with Crippen molar-refractivity contribution in [2.24, 2.45) is 0 Å². The Morgan fingerprint density at radius 3 is 2.67 bits per heavy atom. The molecule has 0 unspecified atom stereocenters. The number of rotatable bonds is 3. The number of nitrogens with one attached hydrogen (secondary N) is 2. The Bertz CT molecular complexity index is 707. The van der Waals surface area contributed by atoms with Crippen molar-refractivity contribution in [2.45, 2.75) is 6.92 Å². The summed E-state index contributed by atoms with van der Waals surface area (Å²) in [6, 6.07) is 4.56. The molecule has 0 fully saturated rings. The van der Waals surface area contributed by atoms with Crippen molar-refractivity contribution in [1.29, 1.82) is 0 Å². The second-order valence-corrected chi connectivity index (χ2v) is 6.11. The molecule has 0 bridgehead atoms. The summed E-state index contributed by atoms with van der Waals surface area (Å²) in [6.07, 6.45) is 1.60. The van der Waals surface area contributed by atoms with Gasteiger partial charge < -0.3 is 10.6 Å². The van der Waals surface area contributed by atoms with Gasteiger partial charge in [0.05, 0.1) is 10.0 Å². The molecular weight excluding hydrogens is 405 g/mol. The van der Waals surface area contributed by atoms with Gasteiger partial charge in [-0.1, -0.05) is 0 Å². The van der Waals surface area contributed by atoms with Gasteiger partial charge in [-0.3, -0.25) is 4.79 Å². The molecule has 1 heterocycles. The Balaban J connectivity index is 2.34. The maximum absolute atomic E-state index is 13.4. The van der Waals surface area contributed by atoms with E-state index in [2.05, 4.69) is 47.5 Å². The Morgan fingerprint density at radius 1 is 1.29 bits per heavy atom. The van der Waals surface area contributed by atoms with Gasteiger partial charge in [-0.05, 0) is 62.5 Å². The number of carbonyl (C=O) groups is 1. The lowest BCUT2D eigenvalue weighted by Gasteiger charge is -2.12. The van der Waals surface area contributed by atoms with Gasteiger partial charge in [0, 0.05) is 23.4 Å². The number of anilines is 2. The Hall–Kier alpha value is -1.47. The number of nitrogens with zero attached hydrogens (tertiary/aromatic N) is 1. The summed E-state index contributed by atoms with van der Waals surface area (Å²) in [5.41, 5.74) is 1.57. The first kappa shape index (κ1) is 15.9. The first-order valence-corrected chi connectivity index (χ1v) is 7.61. The van der Waals surface area contributed by atoms with E-state index in [1.54, 1.807) is 26.2 Å². The lowest BCUT2D eigenvalue weighted by Crippen LogP contribution is -2.15. The molecule has 0 atom stereocenters. The minimum atomic E-state index is -0.370. The van der Waals surface area contributed by atoms with E-state index in [1.165, 1.54) is 12.1 Å². The van der Waals surface area contributed by atoms with Crippen molar-refractivity contribution >= 4 is 49.3 Å². The lowest BCUT2D eigenvalue weighted by molar-refractivity contribution is 0.102. The average molecular weight is 417 g/mol. The maximum Gasteiger partial charge on any atom is 0.259 e. The van der Waals surface area contributed by atoms with Crippen LogP contribution in [-0.2, 0) is 0 Å². The molecule has 0 radical (unpaired) electrons. The molecule has 0 saturated heterocycles. The third-order valence-electron chi connectivity index (χ3n) is 2.85. The molecule has 21 heavy (non-hydrogen) atoms. The van der Waals surface area contributed by atoms with Crippen LogP contribution in [-0.4, -0.2) is 17.9 Å². The first-order chi connectivity index (χ1) is 9.92. The molecule has 1 aromatic carbocycles. The van der Waals surface area contributed by atoms with Crippen LogP contribution >= 0.6 is 31.9 Å². The molecule has 0 spiro atoms. The van der Waals surface area contributed by atoms with E-state index in [0.29, 0.717) is 31.6 Å². The Morgan fingerprint density at radius 2 is 2.00 bits per heavy atom. The molecule has 0 aliphatic carbocycles. The van der Waals surface area contributed by atoms with Crippen LogP contribution in [0, 0.1) is 12.7 Å². The molecule has 110 valence electrons. The van der Waals surface area contributed by atoms with Gasteiger partial charge in [0.15, 0.2) is 0 Å². The monoisotopic (exact) mass is 415 g/mol. The minimum absolute atomic E-state index is 0.296. The van der Waals surface area contributed by atoms with Crippen LogP contribution in [0.25, 0.3) is 0 Å². The molecule has 2 N–H and O–H groups in total. The molecule has 0 aliphatic rings. The molecule has 7 heteroatoms. The Kier molecular flexibility index (Phi) is 4.95. The molecule has 2 rings (SSSR count). The number of hydrogen-bond donors (Lipinski definition) is 2. The number of halogens is 3. The molecule has 0 aliphatic heterocycles. The van der Waals surface area contributed by atoms with Crippen molar-refractivity contribution in [3.05, 3.63) is 50.3 Å². The molecular formula is C14H12Br2FN3O. The van der Waals surface area contributed by atoms with E-state index in [9.17, 15) is 9.18 Å². The van der Waals surface area contributed by atoms with Crippen molar-refractivity contribution in [3.63, 3.8) is 0 Å². The van der Waals surface area contributed by atoms with Crippen LogP contribution in [0.2, 0.25) is 0 Å². The molecule has 4 nitrogen and oxygen atoms in total. The highest BCUT2D eigenvalue weighted by molar-refractivity contribution is 9.10. The molecule has 2 aromatic rings. The summed E-state index contributed by atoms with van der Waals surface area (Å²) < 4.78 is 14.4. The van der Waals surface area contributed by atoms with Crippen LogP contribution in [0.4, 0.5) is 15.9 Å². The van der Waals surface area contributed by atoms with Gasteiger partial charge in [-0.25, -0.2) is 9.37 Å². The number of pyridine rings is 1. The lowest BCUT2D eigenvalue weighted by atomic mass is 10.1. The fraction of sp³-hybridized carbons (Fsp3) is 0.143. The van der Waals surface area contributed by atoms with E-state index in [4.69, 9.17) is 0 Å². The average Bonchev–Trinajstić information content (AvgIpc) is 2.44. The van der Waals surface area contributed by atoms with Crippen molar-refractivity contribution in [1.82, 2.24) is 4.98 Å². The van der Waals surface area contributed by atoms with E-state index >= 15 is 0 Å². The van der Waals surface area contributed by atoms with Gasteiger partial charge in [-0.15, -0.1) is 0 Å². The summed E-state index contributed by atoms with van der Waals surface area (Å²) >= 11 is 6.40. The smallest absolute Gasteiger partial charge is 0.259 e. The zero-order valence-corrected chi connectivity index (χ0v) is 14.5. The van der Waals surface area contributed by atoms with Crippen molar-refractivity contribution in [2.75, 3.05) is 17.7 Å². The molecule has 1 amide bonds. The second kappa shape index (κ2) is 6.53. The predicted molar refractivity (Wildman–Crippen MR) is 88.3 cm³/mol. The summed E-state index contributed by atoms with van der Waals surface area (Å²) in [5.74, 6) is -0.227. The number of aromatic nitrogens is 1. The zero-order chi connectivity index (χ0) is 15.6. The summed E-state index contributed by atoms with van der Waals surface area (Å²) in [4.78, 5) is 16.5. The van der Waals surface area contributed by atoms with E-state index in [1.807, 2.05) is 0 Å². The highest BCUT2D eigenvalue weighted by atomic mass is 79.9. The number of hydrogen-bond acceptors (Lipinski definition) is 3. The fourth-order valence-electron chi connectivity index (χ4n) is 1.78. The third kappa shape index (κ3) is 3.59. The standard InChI is InChI=1S/C14H12Br2FN3O/c1-7-3-11(17)10(16)5-12(7)20-14(21)9-4-8(15)6-19-13(9)18-2/h3-6H,1-2H3,(H,18,19)(H,20,21). The number of amides is 1. The quantitative estimate of drug-likeness (QED) is 0.782. The van der Waals surface area contributed by atoms with Crippen molar-refractivity contribution in [3.8, 4) is 0 Å². The number of benzene rings is 1. The van der Waals surface area contributed by atoms with Crippen LogP contribution in [0.5, 0.6) is 0 Å². The fourth-order valence-corrected chi connectivity index (χ4v) is 2.46. The molecule has 0 saturated carbocycles. The normalized spacial score (nSPS) is 10.3. The van der Waals surface area contributed by atoms with Gasteiger partial charge in [0.1, 0.15) is 11.6 Å². The van der Waals surface area contributed by atoms with Gasteiger partial charge in [-0.2, -0.15) is 0 Å². The third-order valence-corrected chi connectivity index (χ3v) is 3.89. The van der Waals surface area contributed by atoms with Crippen LogP contribution in [0.3, 0.4) is 0 Å². The largest absolute Gasteiger partial charge is 0.372 e. The number of aryl methyl sites for hydroxylation is 1. The zero-order valence-electron chi connectivity index (χ0n) is 11.3. The minimum Gasteiger partial charge on any atom is -0.372 e. The SMILES string of the molecule is CNc1ncc(Br)cc1C(=O)Nc1cc(Br)c(F)cc1C. The van der Waals surface area contributed by atoms with Crippen LogP contribution < -0.4 is 10.6 Å². The summed E-state index contributed by atoms with van der Waals surface area (Å²) in [7, 11) is 1.69. The van der Waals surface area contributed by atoms with Crippen LogP contribution in [0.15, 0.2) is 33.3 Å². The molecule has 1 aromatic heterocycles. The van der Waals surface area contributed by atoms with E-state index in [-0.39, 0.29) is 11.7 Å². The van der Waals surface area contributed by atoms with Crippen LogP contribution in [0.1, 0.15) is 15.9 Å². The van der Waals surface area contributed by atoms with E-state index in [0.717, 1.165) is 0 Å². The predicted octanol–water partition coefficient (Wildman–Crippen LogP) is 4.35. The Labute approximate surface area is 138 Å². The van der Waals surface area contributed by atoms with Gasteiger partial charge in [0.2, 0.25) is 0 Å². The summed E-state index contributed by atoms with van der Waals surface area (Å²) in [5, 5.41) is 5.62. The van der Waals surface area contributed by atoms with Crippen molar-refractivity contribution < 1.29 is 9.18 Å². The summed E-state index contributed by atoms with van der Waals surface area (Å²) in [6.45, 7) is 1.73. The maximum atomic E-state index is 13.4. The topological polar surface area (TPSA) is 54.0 Å². The van der Waals surface area contributed by atoms with E-state index < -0.39 is 0 Å². The first-order valence-electron chi connectivity index (χ1n) is 6.02.